The van der Waals surface area contributed by atoms with Gasteiger partial charge in [0.1, 0.15) is 11.9 Å². The van der Waals surface area contributed by atoms with Crippen LogP contribution in [0.4, 0.5) is 23.2 Å². The van der Waals surface area contributed by atoms with Crippen LogP contribution in [0, 0.1) is 5.82 Å². The Bertz CT molecular complexity index is 1690. The molecule has 0 radical (unpaired) electrons. The first-order valence-electron chi connectivity index (χ1n) is 13.9. The van der Waals surface area contributed by atoms with Crippen LogP contribution in [-0.4, -0.2) is 91.1 Å². The van der Waals surface area contributed by atoms with Gasteiger partial charge < -0.3 is 14.7 Å². The molecule has 44 heavy (non-hydrogen) atoms. The fourth-order valence-corrected chi connectivity index (χ4v) is 7.73. The van der Waals surface area contributed by atoms with Gasteiger partial charge in [0.15, 0.2) is 0 Å². The van der Waals surface area contributed by atoms with E-state index < -0.39 is 51.7 Å². The number of rotatable bonds is 4. The van der Waals surface area contributed by atoms with E-state index in [2.05, 4.69) is 5.32 Å². The van der Waals surface area contributed by atoms with Gasteiger partial charge in [-0.3, -0.25) is 24.5 Å². The lowest BCUT2D eigenvalue weighted by molar-refractivity contribution is -0.186. The van der Waals surface area contributed by atoms with Crippen molar-refractivity contribution in [3.8, 4) is 0 Å². The molecule has 1 unspecified atom stereocenters. The Morgan fingerprint density at radius 1 is 0.909 bits per heavy atom. The summed E-state index contributed by atoms with van der Waals surface area (Å²) >= 11 is 0. The second kappa shape index (κ2) is 10.8. The number of piperidine rings is 1. The van der Waals surface area contributed by atoms with E-state index >= 15 is 0 Å². The Morgan fingerprint density at radius 3 is 2.32 bits per heavy atom. The highest BCUT2D eigenvalue weighted by molar-refractivity contribution is 7.89. The average molecular weight is 638 g/mol. The Kier molecular flexibility index (Phi) is 7.39. The maximum atomic E-state index is 14.7. The van der Waals surface area contributed by atoms with Crippen molar-refractivity contribution in [1.29, 1.82) is 0 Å². The molecule has 1 N–H and O–H groups in total. The number of halogens is 4. The highest BCUT2D eigenvalue weighted by atomic mass is 32.2. The quantitative estimate of drug-likeness (QED) is 0.398. The second-order valence-electron chi connectivity index (χ2n) is 11.1. The molecule has 234 valence electrons. The Labute approximate surface area is 249 Å². The number of hydrogen-bond donors (Lipinski definition) is 1. The van der Waals surface area contributed by atoms with E-state index in [-0.39, 0.29) is 75.5 Å². The van der Waals surface area contributed by atoms with Gasteiger partial charge in [0, 0.05) is 69.0 Å². The molecule has 0 spiro atoms. The molecule has 16 heteroatoms. The summed E-state index contributed by atoms with van der Waals surface area (Å²) in [4.78, 5) is 52.5. The Morgan fingerprint density at radius 2 is 1.64 bits per heavy atom. The third-order valence-corrected chi connectivity index (χ3v) is 10.4. The molecule has 0 aliphatic carbocycles. The highest BCUT2D eigenvalue weighted by Gasteiger charge is 2.44. The van der Waals surface area contributed by atoms with Gasteiger partial charge in [0.25, 0.3) is 5.91 Å². The van der Waals surface area contributed by atoms with E-state index in [9.17, 15) is 45.2 Å². The number of imide groups is 1. The molecule has 11 nitrogen and oxygen atoms in total. The van der Waals surface area contributed by atoms with E-state index in [1.54, 1.807) is 11.0 Å². The van der Waals surface area contributed by atoms with Crippen LogP contribution in [0.25, 0.3) is 0 Å². The molecule has 2 fully saturated rings. The zero-order valence-corrected chi connectivity index (χ0v) is 24.0. The van der Waals surface area contributed by atoms with Crippen LogP contribution in [0.2, 0.25) is 0 Å². The SMILES string of the molecule is O=C1CCC(N2Cc3c(cc(F)cc3N3CCN(S(=O)(=O)c4ccc5c(c4)CN(C(=O)C(F)(F)F)CC5)CC3)C2=O)C(=O)N1. The molecule has 2 saturated heterocycles. The van der Waals surface area contributed by atoms with Gasteiger partial charge >= 0.3 is 12.1 Å². The summed E-state index contributed by atoms with van der Waals surface area (Å²) in [6, 6.07) is 5.75. The van der Waals surface area contributed by atoms with E-state index in [1.165, 1.54) is 27.4 Å². The van der Waals surface area contributed by atoms with Gasteiger partial charge in [-0.05, 0) is 48.2 Å². The molecule has 4 amide bonds. The number of fused-ring (bicyclic) bond motifs is 2. The average Bonchev–Trinajstić information content (AvgIpc) is 3.30. The van der Waals surface area contributed by atoms with Crippen molar-refractivity contribution < 1.29 is 45.2 Å². The molecular weight excluding hydrogens is 610 g/mol. The number of piperazine rings is 1. The molecule has 0 aromatic heterocycles. The van der Waals surface area contributed by atoms with Gasteiger partial charge in [-0.2, -0.15) is 17.5 Å². The minimum Gasteiger partial charge on any atom is -0.369 e. The maximum Gasteiger partial charge on any atom is 0.471 e. The lowest BCUT2D eigenvalue weighted by Crippen LogP contribution is -2.52. The summed E-state index contributed by atoms with van der Waals surface area (Å²) in [5.74, 6) is -4.19. The number of sulfonamides is 1. The second-order valence-corrected chi connectivity index (χ2v) is 13.1. The van der Waals surface area contributed by atoms with Crippen molar-refractivity contribution in [2.45, 2.75) is 49.5 Å². The third-order valence-electron chi connectivity index (χ3n) is 8.53. The molecule has 4 aliphatic heterocycles. The summed E-state index contributed by atoms with van der Waals surface area (Å²) in [6.07, 6.45) is -4.64. The molecule has 6 rings (SSSR count). The smallest absolute Gasteiger partial charge is 0.369 e. The molecule has 2 aromatic carbocycles. The van der Waals surface area contributed by atoms with Gasteiger partial charge in [-0.1, -0.05) is 6.07 Å². The number of alkyl halides is 3. The standard InChI is InChI=1S/C28H27F4N5O6S/c29-18-12-20-21(15-37(26(20)40)22-3-4-24(38)33-25(22)39)23(13-18)34-7-9-36(10-8-34)44(42,43)19-2-1-16-5-6-35(14-17(16)11-19)27(41)28(30,31)32/h1-2,11-13,22H,3-10,14-15H2,(H,33,38,39). The molecule has 4 aliphatic rings. The van der Waals surface area contributed by atoms with Gasteiger partial charge in [-0.25, -0.2) is 12.8 Å². The topological polar surface area (TPSA) is 127 Å². The number of amides is 4. The molecule has 4 heterocycles. The zero-order chi connectivity index (χ0) is 31.6. The normalized spacial score (nSPS) is 21.3. The van der Waals surface area contributed by atoms with E-state index in [4.69, 9.17) is 0 Å². The largest absolute Gasteiger partial charge is 0.471 e. The fourth-order valence-electron chi connectivity index (χ4n) is 6.25. The Balaban J connectivity index is 1.17. The minimum absolute atomic E-state index is 0.00813. The highest BCUT2D eigenvalue weighted by Crippen LogP contribution is 2.36. The van der Waals surface area contributed by atoms with Crippen molar-refractivity contribution >= 4 is 39.3 Å². The molecule has 0 saturated carbocycles. The van der Waals surface area contributed by atoms with Crippen LogP contribution in [0.15, 0.2) is 35.2 Å². The number of anilines is 1. The maximum absolute atomic E-state index is 14.7. The number of carbonyl (C=O) groups excluding carboxylic acids is 4. The summed E-state index contributed by atoms with van der Waals surface area (Å²) in [5, 5.41) is 2.22. The number of carbonyl (C=O) groups is 4. The molecule has 2 aromatic rings. The predicted octanol–water partition coefficient (Wildman–Crippen LogP) is 1.54. The lowest BCUT2D eigenvalue weighted by atomic mass is 10.00. The van der Waals surface area contributed by atoms with Crippen molar-refractivity contribution in [3.63, 3.8) is 0 Å². The van der Waals surface area contributed by atoms with Crippen LogP contribution in [0.5, 0.6) is 0 Å². The predicted molar refractivity (Wildman–Crippen MR) is 145 cm³/mol. The minimum atomic E-state index is -5.03. The summed E-state index contributed by atoms with van der Waals surface area (Å²) in [7, 11) is -4.06. The number of nitrogens with zero attached hydrogens (tertiary/aromatic N) is 4. The van der Waals surface area contributed by atoms with Crippen molar-refractivity contribution in [3.05, 3.63) is 58.4 Å². The lowest BCUT2D eigenvalue weighted by Gasteiger charge is -2.36. The van der Waals surface area contributed by atoms with E-state index in [0.717, 1.165) is 6.07 Å². The van der Waals surface area contributed by atoms with Crippen molar-refractivity contribution in [1.82, 2.24) is 19.4 Å². The first-order valence-corrected chi connectivity index (χ1v) is 15.4. The van der Waals surface area contributed by atoms with E-state index in [1.807, 2.05) is 0 Å². The van der Waals surface area contributed by atoms with Crippen molar-refractivity contribution in [2.24, 2.45) is 0 Å². The van der Waals surface area contributed by atoms with Crippen molar-refractivity contribution in [2.75, 3.05) is 37.6 Å². The monoisotopic (exact) mass is 637 g/mol. The van der Waals surface area contributed by atoms with E-state index in [0.29, 0.717) is 27.3 Å². The first kappa shape index (κ1) is 30.0. The molecule has 1 atom stereocenters. The van der Waals surface area contributed by atoms with Gasteiger partial charge in [-0.15, -0.1) is 0 Å². The fraction of sp³-hybridized carbons (Fsp3) is 0.429. The van der Waals surface area contributed by atoms with Crippen LogP contribution < -0.4 is 10.2 Å². The van der Waals surface area contributed by atoms with Gasteiger partial charge in [0.2, 0.25) is 21.8 Å². The number of hydrogen-bond acceptors (Lipinski definition) is 7. The summed E-state index contributed by atoms with van der Waals surface area (Å²) in [5.41, 5.74) is 2.01. The van der Waals surface area contributed by atoms with Crippen LogP contribution >= 0.6 is 0 Å². The molecular formula is C28H27F4N5O6S. The Hall–Kier alpha value is -4.05. The summed E-state index contributed by atoms with van der Waals surface area (Å²) < 4.78 is 81.8. The number of nitrogens with one attached hydrogen (secondary N) is 1. The van der Waals surface area contributed by atoms with Gasteiger partial charge in [0.05, 0.1) is 4.90 Å². The van der Waals surface area contributed by atoms with Crippen LogP contribution in [0.3, 0.4) is 0 Å². The van der Waals surface area contributed by atoms with Crippen LogP contribution in [0.1, 0.15) is 39.9 Å². The zero-order valence-electron chi connectivity index (χ0n) is 23.2. The number of benzene rings is 2. The van der Waals surface area contributed by atoms with Crippen LogP contribution in [-0.2, 0) is 43.9 Å². The molecule has 0 bridgehead atoms. The third kappa shape index (κ3) is 5.29. The summed E-state index contributed by atoms with van der Waals surface area (Å²) in [6.45, 7) is -0.134. The first-order chi connectivity index (χ1) is 20.7.